The molecule has 3 rings (SSSR count). The topological polar surface area (TPSA) is 18.5 Å². The molecular formula is C12H2Br2Cl4O2. The lowest BCUT2D eigenvalue weighted by atomic mass is 10.2. The molecule has 0 atom stereocenters. The van der Waals surface area contributed by atoms with Crippen LogP contribution in [0.1, 0.15) is 0 Å². The first kappa shape index (κ1) is 15.1. The van der Waals surface area contributed by atoms with Crippen molar-refractivity contribution in [1.82, 2.24) is 0 Å². The Balaban J connectivity index is 2.24. The molecule has 0 amide bonds. The quantitative estimate of drug-likeness (QED) is 0.243. The van der Waals surface area contributed by atoms with E-state index in [-0.39, 0.29) is 0 Å². The fourth-order valence-corrected chi connectivity index (χ4v) is 3.31. The molecule has 1 heterocycles. The molecule has 1 aliphatic rings. The average molecular weight is 480 g/mol. The second kappa shape index (κ2) is 5.41. The molecule has 104 valence electrons. The van der Waals surface area contributed by atoms with Gasteiger partial charge in [0.2, 0.25) is 0 Å². The lowest BCUT2D eigenvalue weighted by Gasteiger charge is -2.24. The minimum atomic E-state index is 0.307. The molecule has 0 saturated heterocycles. The van der Waals surface area contributed by atoms with E-state index >= 15 is 0 Å². The van der Waals surface area contributed by atoms with Crippen LogP contribution in [0.4, 0.5) is 0 Å². The van der Waals surface area contributed by atoms with E-state index in [1.165, 1.54) is 0 Å². The van der Waals surface area contributed by atoms with Crippen LogP contribution in [-0.4, -0.2) is 0 Å². The van der Waals surface area contributed by atoms with Gasteiger partial charge in [-0.1, -0.05) is 46.4 Å². The molecule has 2 aromatic carbocycles. The van der Waals surface area contributed by atoms with E-state index in [4.69, 9.17) is 55.9 Å². The number of hydrogen-bond donors (Lipinski definition) is 0. The van der Waals surface area contributed by atoms with E-state index in [1.54, 1.807) is 12.1 Å². The molecule has 0 spiro atoms. The summed E-state index contributed by atoms with van der Waals surface area (Å²) in [6.45, 7) is 0. The van der Waals surface area contributed by atoms with E-state index < -0.39 is 0 Å². The van der Waals surface area contributed by atoms with Gasteiger partial charge in [-0.3, -0.25) is 0 Å². The number of rotatable bonds is 0. The largest absolute Gasteiger partial charge is 0.448 e. The Bertz CT molecular complexity index is 749. The number of fused-ring (bicyclic) bond motifs is 2. The standard InChI is InChI=1S/C12H2Br2Cl4O2/c13-7-4(16)2-6-11(9(7)18)20-12-8(14)3(15)1-5(17)10(12)19-6/h1-2H. The normalized spacial score (nSPS) is 12.3. The van der Waals surface area contributed by atoms with Gasteiger partial charge in [-0.25, -0.2) is 0 Å². The zero-order chi connectivity index (χ0) is 14.6. The first-order valence-electron chi connectivity index (χ1n) is 5.11. The third-order valence-electron chi connectivity index (χ3n) is 2.59. The summed E-state index contributed by atoms with van der Waals surface area (Å²) in [5.41, 5.74) is 0. The predicted octanol–water partition coefficient (Wildman–Crippen LogP) is 7.72. The Kier molecular flexibility index (Phi) is 4.08. The van der Waals surface area contributed by atoms with E-state index in [1.807, 2.05) is 0 Å². The number of hydrogen-bond acceptors (Lipinski definition) is 2. The number of benzene rings is 2. The molecular weight excluding hydrogens is 478 g/mol. The number of ether oxygens (including phenoxy) is 2. The van der Waals surface area contributed by atoms with Gasteiger partial charge in [-0.2, -0.15) is 0 Å². The van der Waals surface area contributed by atoms with Crippen molar-refractivity contribution in [2.75, 3.05) is 0 Å². The Morgan fingerprint density at radius 3 is 2.05 bits per heavy atom. The lowest BCUT2D eigenvalue weighted by molar-refractivity contribution is 0.358. The second-order valence-electron chi connectivity index (χ2n) is 3.83. The van der Waals surface area contributed by atoms with Crippen LogP contribution in [0, 0.1) is 0 Å². The average Bonchev–Trinajstić information content (AvgIpc) is 2.41. The maximum absolute atomic E-state index is 6.20. The zero-order valence-electron chi connectivity index (χ0n) is 9.24. The first-order valence-corrected chi connectivity index (χ1v) is 8.20. The minimum absolute atomic E-state index is 0.307. The maximum atomic E-state index is 6.20. The van der Waals surface area contributed by atoms with Gasteiger partial charge in [0.15, 0.2) is 23.0 Å². The van der Waals surface area contributed by atoms with Crippen molar-refractivity contribution in [3.63, 3.8) is 0 Å². The van der Waals surface area contributed by atoms with E-state index in [0.717, 1.165) is 0 Å². The highest BCUT2D eigenvalue weighted by Gasteiger charge is 2.29. The van der Waals surface area contributed by atoms with Crippen molar-refractivity contribution >= 4 is 78.3 Å². The van der Waals surface area contributed by atoms with Crippen LogP contribution in [0.2, 0.25) is 20.1 Å². The SMILES string of the molecule is Clc1cc2c(c(Cl)c1Br)Oc1c(Br)c(Cl)cc(Cl)c1O2. The molecule has 0 aromatic heterocycles. The van der Waals surface area contributed by atoms with Gasteiger partial charge in [-0.15, -0.1) is 0 Å². The van der Waals surface area contributed by atoms with Crippen molar-refractivity contribution in [1.29, 1.82) is 0 Å². The molecule has 2 aromatic rings. The third kappa shape index (κ3) is 2.31. The van der Waals surface area contributed by atoms with Crippen molar-refractivity contribution in [3.05, 3.63) is 41.2 Å². The summed E-state index contributed by atoms with van der Waals surface area (Å²) in [5.74, 6) is 1.44. The van der Waals surface area contributed by atoms with Gasteiger partial charge in [0.1, 0.15) is 5.02 Å². The van der Waals surface area contributed by atoms with Gasteiger partial charge in [0.25, 0.3) is 0 Å². The smallest absolute Gasteiger partial charge is 0.190 e. The van der Waals surface area contributed by atoms with Crippen molar-refractivity contribution in [2.45, 2.75) is 0 Å². The molecule has 0 unspecified atom stereocenters. The lowest BCUT2D eigenvalue weighted by Crippen LogP contribution is -2.01. The minimum Gasteiger partial charge on any atom is -0.448 e. The molecule has 8 heteroatoms. The summed E-state index contributed by atoms with van der Waals surface area (Å²) in [4.78, 5) is 0. The predicted molar refractivity (Wildman–Crippen MR) is 88.5 cm³/mol. The summed E-state index contributed by atoms with van der Waals surface area (Å²) >= 11 is 31.0. The van der Waals surface area contributed by atoms with Gasteiger partial charge in [-0.05, 0) is 37.9 Å². The Morgan fingerprint density at radius 2 is 1.35 bits per heavy atom. The molecule has 0 radical (unpaired) electrons. The highest BCUT2D eigenvalue weighted by atomic mass is 79.9. The van der Waals surface area contributed by atoms with Crippen LogP contribution in [0.3, 0.4) is 0 Å². The van der Waals surface area contributed by atoms with Gasteiger partial charge in [0.05, 0.1) is 24.0 Å². The highest BCUT2D eigenvalue weighted by Crippen LogP contribution is 2.57. The molecule has 2 nitrogen and oxygen atoms in total. The molecule has 20 heavy (non-hydrogen) atoms. The van der Waals surface area contributed by atoms with Crippen LogP contribution in [-0.2, 0) is 0 Å². The molecule has 0 saturated carbocycles. The van der Waals surface area contributed by atoms with E-state index in [2.05, 4.69) is 31.9 Å². The Morgan fingerprint density at radius 1 is 0.700 bits per heavy atom. The summed E-state index contributed by atoms with van der Waals surface area (Å²) in [6, 6.07) is 3.15. The zero-order valence-corrected chi connectivity index (χ0v) is 15.4. The summed E-state index contributed by atoms with van der Waals surface area (Å²) in [6.07, 6.45) is 0. The fourth-order valence-electron chi connectivity index (χ4n) is 1.68. The summed E-state index contributed by atoms with van der Waals surface area (Å²) in [7, 11) is 0. The molecule has 0 fully saturated rings. The van der Waals surface area contributed by atoms with E-state index in [0.29, 0.717) is 52.0 Å². The van der Waals surface area contributed by atoms with Crippen LogP contribution in [0.15, 0.2) is 21.1 Å². The van der Waals surface area contributed by atoms with Crippen LogP contribution < -0.4 is 9.47 Å². The van der Waals surface area contributed by atoms with Crippen LogP contribution >= 0.6 is 78.3 Å². The van der Waals surface area contributed by atoms with Gasteiger partial charge >= 0.3 is 0 Å². The van der Waals surface area contributed by atoms with Crippen molar-refractivity contribution in [3.8, 4) is 23.0 Å². The number of halogens is 6. The van der Waals surface area contributed by atoms with Crippen LogP contribution in [0.5, 0.6) is 23.0 Å². The molecule has 0 aliphatic carbocycles. The van der Waals surface area contributed by atoms with Gasteiger partial charge in [0, 0.05) is 6.07 Å². The Labute approximate surface area is 151 Å². The summed E-state index contributed by atoms with van der Waals surface area (Å²) < 4.78 is 12.6. The van der Waals surface area contributed by atoms with E-state index in [9.17, 15) is 0 Å². The molecule has 1 aliphatic heterocycles. The maximum Gasteiger partial charge on any atom is 0.190 e. The fraction of sp³-hybridized carbons (Fsp3) is 0. The molecule has 0 N–H and O–H groups in total. The summed E-state index contributed by atoms with van der Waals surface area (Å²) in [5, 5.41) is 1.45. The first-order chi connectivity index (χ1) is 9.40. The Hall–Kier alpha value is 0.160. The highest BCUT2D eigenvalue weighted by molar-refractivity contribution is 9.11. The third-order valence-corrected chi connectivity index (χ3v) is 6.12. The van der Waals surface area contributed by atoms with Crippen LogP contribution in [0.25, 0.3) is 0 Å². The second-order valence-corrected chi connectivity index (χ2v) is 7.02. The van der Waals surface area contributed by atoms with Gasteiger partial charge < -0.3 is 9.47 Å². The monoisotopic (exact) mass is 476 g/mol. The van der Waals surface area contributed by atoms with Crippen molar-refractivity contribution < 1.29 is 9.47 Å². The molecule has 0 bridgehead atoms. The van der Waals surface area contributed by atoms with Crippen molar-refractivity contribution in [2.24, 2.45) is 0 Å².